The van der Waals surface area contributed by atoms with Crippen LogP contribution >= 0.6 is 7.82 Å². The molecule has 200 valence electrons. The molecule has 2 aromatic carbocycles. The van der Waals surface area contributed by atoms with E-state index < -0.39 is 7.82 Å². The predicted molar refractivity (Wildman–Crippen MR) is 139 cm³/mol. The molecule has 0 saturated heterocycles. The molecule has 0 bridgehead atoms. The minimum atomic E-state index is -4.87. The summed E-state index contributed by atoms with van der Waals surface area (Å²) in [6, 6.07) is 11.3. The number of hydrogen-bond acceptors (Lipinski definition) is 6. The second-order valence-corrected chi connectivity index (χ2v) is 10.1. The van der Waals surface area contributed by atoms with Crippen molar-refractivity contribution in [1.82, 2.24) is 10.3 Å². The number of pyridine rings is 1. The largest absolute Gasteiger partial charge is 0.525 e. The summed E-state index contributed by atoms with van der Waals surface area (Å²) in [4.78, 5) is 35.5. The molecule has 0 fully saturated rings. The molecule has 38 heavy (non-hydrogen) atoms. The van der Waals surface area contributed by atoms with E-state index >= 15 is 0 Å². The van der Waals surface area contributed by atoms with Crippen LogP contribution in [0.4, 0.5) is 4.39 Å². The van der Waals surface area contributed by atoms with Crippen LogP contribution in [0, 0.1) is 11.7 Å². The Bertz CT molecular complexity index is 1380. The maximum Gasteiger partial charge on any atom is 0.525 e. The van der Waals surface area contributed by atoms with E-state index in [2.05, 4.69) is 10.3 Å². The van der Waals surface area contributed by atoms with E-state index in [0.717, 1.165) is 22.3 Å². The van der Waals surface area contributed by atoms with Crippen LogP contribution in [0.2, 0.25) is 0 Å². The van der Waals surface area contributed by atoms with E-state index in [1.807, 2.05) is 19.1 Å². The number of phosphoric acid groups is 1. The summed E-state index contributed by atoms with van der Waals surface area (Å²) in [6.07, 6.45) is 5.37. The van der Waals surface area contributed by atoms with Gasteiger partial charge < -0.3 is 19.3 Å². The van der Waals surface area contributed by atoms with Crippen molar-refractivity contribution in [3.8, 4) is 17.2 Å². The first-order valence-corrected chi connectivity index (χ1v) is 13.3. The molecule has 1 aliphatic carbocycles. The van der Waals surface area contributed by atoms with Gasteiger partial charge in [0.15, 0.2) is 11.5 Å². The van der Waals surface area contributed by atoms with Gasteiger partial charge in [0.25, 0.3) is 0 Å². The van der Waals surface area contributed by atoms with Crippen LogP contribution in [0.15, 0.2) is 54.9 Å². The third-order valence-corrected chi connectivity index (χ3v) is 6.87. The van der Waals surface area contributed by atoms with Gasteiger partial charge >= 0.3 is 7.82 Å². The predicted octanol–water partition coefficient (Wildman–Crippen LogP) is 4.69. The van der Waals surface area contributed by atoms with Crippen LogP contribution in [0.1, 0.15) is 41.5 Å². The number of ether oxygens (including phenoxy) is 2. The molecular weight excluding hydrogens is 514 g/mol. The zero-order valence-corrected chi connectivity index (χ0v) is 21.9. The highest BCUT2D eigenvalue weighted by atomic mass is 31.2. The molecule has 11 heteroatoms. The Morgan fingerprint density at radius 2 is 1.87 bits per heavy atom. The number of methoxy groups -OCH3 is 2. The van der Waals surface area contributed by atoms with Crippen molar-refractivity contribution in [3.05, 3.63) is 82.9 Å². The zero-order valence-electron chi connectivity index (χ0n) is 21.1. The Balaban J connectivity index is 1.65. The third-order valence-electron chi connectivity index (χ3n) is 6.45. The number of rotatable bonds is 9. The second-order valence-electron chi connectivity index (χ2n) is 8.90. The molecule has 0 saturated carbocycles. The van der Waals surface area contributed by atoms with Gasteiger partial charge in [0.1, 0.15) is 5.82 Å². The Morgan fingerprint density at radius 1 is 1.16 bits per heavy atom. The van der Waals surface area contributed by atoms with Gasteiger partial charge in [0, 0.05) is 25.4 Å². The normalized spacial score (nSPS) is 17.7. The number of aromatic nitrogens is 1. The number of halogens is 1. The third kappa shape index (κ3) is 6.22. The molecule has 2 unspecified atom stereocenters. The van der Waals surface area contributed by atoms with E-state index in [1.54, 1.807) is 36.7 Å². The molecule has 1 aromatic heterocycles. The Kier molecular flexibility index (Phi) is 8.16. The van der Waals surface area contributed by atoms with Gasteiger partial charge in [-0.1, -0.05) is 25.1 Å². The number of allylic oxidation sites excluding steroid dienone is 1. The lowest BCUT2D eigenvalue weighted by Gasteiger charge is -2.18. The molecule has 1 aliphatic rings. The van der Waals surface area contributed by atoms with Crippen molar-refractivity contribution in [2.45, 2.75) is 25.8 Å². The number of phosphoric ester groups is 1. The summed E-state index contributed by atoms with van der Waals surface area (Å²) >= 11 is 0. The molecule has 0 aliphatic heterocycles. The van der Waals surface area contributed by atoms with E-state index in [0.29, 0.717) is 12.1 Å². The van der Waals surface area contributed by atoms with E-state index in [-0.39, 0.29) is 47.2 Å². The van der Waals surface area contributed by atoms with Crippen LogP contribution in [0.25, 0.3) is 11.6 Å². The average Bonchev–Trinajstić information content (AvgIpc) is 3.12. The monoisotopic (exact) mass is 542 g/mol. The van der Waals surface area contributed by atoms with E-state index in [9.17, 15) is 23.5 Å². The molecule has 3 N–H and O–H groups in total. The first-order valence-electron chi connectivity index (χ1n) is 11.8. The molecule has 0 spiro atoms. The number of carbonyl (C=O) groups excluding carboxylic acids is 1. The van der Waals surface area contributed by atoms with Crippen molar-refractivity contribution in [1.29, 1.82) is 0 Å². The van der Waals surface area contributed by atoms with Crippen LogP contribution in [0.5, 0.6) is 17.2 Å². The van der Waals surface area contributed by atoms with Crippen LogP contribution < -0.4 is 19.3 Å². The molecule has 0 radical (unpaired) electrons. The highest BCUT2D eigenvalue weighted by molar-refractivity contribution is 7.46. The first kappa shape index (κ1) is 27.3. The molecule has 9 nitrogen and oxygen atoms in total. The maximum atomic E-state index is 14.3. The number of benzene rings is 2. The quantitative estimate of drug-likeness (QED) is 0.333. The molecule has 1 heterocycles. The number of nitrogens with zero attached hydrogens (tertiary/aromatic N) is 1. The second kappa shape index (κ2) is 11.3. The van der Waals surface area contributed by atoms with Crippen molar-refractivity contribution >= 4 is 25.4 Å². The number of hydrogen-bond donors (Lipinski definition) is 3. The summed E-state index contributed by atoms with van der Waals surface area (Å²) in [7, 11) is -2.19. The van der Waals surface area contributed by atoms with Gasteiger partial charge in [-0.3, -0.25) is 19.6 Å². The number of nitrogens with one attached hydrogen (secondary N) is 1. The van der Waals surface area contributed by atoms with Crippen molar-refractivity contribution < 1.29 is 37.5 Å². The average molecular weight is 543 g/mol. The SMILES string of the molecule is COc1cc(/C=C2\c3ccc(F)cc3C(CC(=O)NCc3cccnc3)C2C)cc(OC)c1OP(=O)(O)O. The maximum absolute atomic E-state index is 14.3. The van der Waals surface area contributed by atoms with Crippen LogP contribution in [0.3, 0.4) is 0 Å². The summed E-state index contributed by atoms with van der Waals surface area (Å²) in [5.74, 6) is -1.05. The fourth-order valence-electron chi connectivity index (χ4n) is 4.68. The summed E-state index contributed by atoms with van der Waals surface area (Å²) in [5, 5.41) is 2.91. The topological polar surface area (TPSA) is 127 Å². The fourth-order valence-corrected chi connectivity index (χ4v) is 5.10. The molecule has 3 aromatic rings. The van der Waals surface area contributed by atoms with Gasteiger partial charge in [-0.2, -0.15) is 0 Å². The van der Waals surface area contributed by atoms with Crippen LogP contribution in [-0.4, -0.2) is 34.9 Å². The number of fused-ring (bicyclic) bond motifs is 1. The van der Waals surface area contributed by atoms with Gasteiger partial charge in [0.05, 0.1) is 14.2 Å². The van der Waals surface area contributed by atoms with Gasteiger partial charge in [-0.25, -0.2) is 8.96 Å². The standard InChI is InChI=1S/C27H28FN2O7P/c1-16-21(9-18-10-24(35-2)27(25(11-18)36-3)37-38(32,33)34)20-7-6-19(28)12-23(20)22(16)13-26(31)30-15-17-5-4-8-29-14-17/h4-12,14,16,22H,13,15H2,1-3H3,(H,30,31)(H2,32,33,34)/b21-9-. The summed E-state index contributed by atoms with van der Waals surface area (Å²) in [5.41, 5.74) is 3.91. The summed E-state index contributed by atoms with van der Waals surface area (Å²) in [6.45, 7) is 2.32. The highest BCUT2D eigenvalue weighted by Gasteiger charge is 2.35. The van der Waals surface area contributed by atoms with Gasteiger partial charge in [0.2, 0.25) is 11.7 Å². The Morgan fingerprint density at radius 3 is 2.47 bits per heavy atom. The first-order chi connectivity index (χ1) is 18.1. The molecule has 4 rings (SSSR count). The molecule has 1 amide bonds. The zero-order chi connectivity index (χ0) is 27.4. The number of carbonyl (C=O) groups is 1. The highest BCUT2D eigenvalue weighted by Crippen LogP contribution is 2.51. The summed E-state index contributed by atoms with van der Waals surface area (Å²) < 4.78 is 41.1. The van der Waals surface area contributed by atoms with Gasteiger partial charge in [-0.15, -0.1) is 0 Å². The minimum absolute atomic E-state index is 0.0656. The Labute approximate surface area is 219 Å². The molecule has 2 atom stereocenters. The Hall–Kier alpha value is -3.72. The molecular formula is C27H28FN2O7P. The van der Waals surface area contributed by atoms with E-state index in [4.69, 9.17) is 14.0 Å². The van der Waals surface area contributed by atoms with Crippen LogP contribution in [-0.2, 0) is 15.9 Å². The van der Waals surface area contributed by atoms with Gasteiger partial charge in [-0.05, 0) is 70.0 Å². The number of amides is 1. The lowest BCUT2D eigenvalue weighted by Crippen LogP contribution is -2.25. The lowest BCUT2D eigenvalue weighted by atomic mass is 9.88. The van der Waals surface area contributed by atoms with Crippen molar-refractivity contribution in [2.24, 2.45) is 5.92 Å². The smallest absolute Gasteiger partial charge is 0.493 e. The van der Waals surface area contributed by atoms with E-state index in [1.165, 1.54) is 26.4 Å². The fraction of sp³-hybridized carbons (Fsp3) is 0.259. The lowest BCUT2D eigenvalue weighted by molar-refractivity contribution is -0.121. The van der Waals surface area contributed by atoms with Crippen molar-refractivity contribution in [3.63, 3.8) is 0 Å². The minimum Gasteiger partial charge on any atom is -0.493 e. The van der Waals surface area contributed by atoms with Crippen molar-refractivity contribution in [2.75, 3.05) is 14.2 Å².